The second-order valence-electron chi connectivity index (χ2n) is 3.24. The number of aromatic nitrogens is 4. The van der Waals surface area contributed by atoms with Crippen LogP contribution in [0.4, 0.5) is 0 Å². The predicted octanol–water partition coefficient (Wildman–Crippen LogP) is 1.35. The maximum atomic E-state index is 9.00. The van der Waals surface area contributed by atoms with Crippen LogP contribution in [0.2, 0.25) is 0 Å². The Morgan fingerprint density at radius 2 is 2.00 bits per heavy atom. The summed E-state index contributed by atoms with van der Waals surface area (Å²) in [7, 11) is 0. The van der Waals surface area contributed by atoms with Crippen LogP contribution in [0, 0.1) is 0 Å². The van der Waals surface area contributed by atoms with E-state index in [-0.39, 0.29) is 6.61 Å². The first-order chi connectivity index (χ1) is 7.88. The molecule has 0 atom stereocenters. The molecule has 16 heavy (non-hydrogen) atoms. The number of rotatable bonds is 2. The standard InChI is InChI=1S/C10H8N4OS/c15-6-8-13-14-9(11-12-10(14)16-8)7-4-2-1-3-5-7/h1-5,15H,6H2. The summed E-state index contributed by atoms with van der Waals surface area (Å²) >= 11 is 1.34. The molecule has 1 aromatic carbocycles. The smallest absolute Gasteiger partial charge is 0.235 e. The van der Waals surface area contributed by atoms with Crippen molar-refractivity contribution >= 4 is 16.3 Å². The second-order valence-corrected chi connectivity index (χ2v) is 4.28. The summed E-state index contributed by atoms with van der Waals surface area (Å²) in [4.78, 5) is 0.697. The van der Waals surface area contributed by atoms with E-state index in [1.807, 2.05) is 30.3 Å². The lowest BCUT2D eigenvalue weighted by molar-refractivity contribution is 0.280. The lowest BCUT2D eigenvalue weighted by Gasteiger charge is -1.94. The first-order valence-electron chi connectivity index (χ1n) is 4.76. The fourth-order valence-corrected chi connectivity index (χ4v) is 2.18. The van der Waals surface area contributed by atoms with Gasteiger partial charge < -0.3 is 5.11 Å². The van der Waals surface area contributed by atoms with E-state index in [2.05, 4.69) is 15.3 Å². The van der Waals surface area contributed by atoms with Crippen LogP contribution in [0.3, 0.4) is 0 Å². The highest BCUT2D eigenvalue weighted by Gasteiger charge is 2.12. The van der Waals surface area contributed by atoms with Crippen molar-refractivity contribution in [1.82, 2.24) is 19.8 Å². The van der Waals surface area contributed by atoms with Gasteiger partial charge in [-0.1, -0.05) is 41.7 Å². The Bertz CT molecular complexity index is 616. The minimum absolute atomic E-state index is 0.0672. The van der Waals surface area contributed by atoms with E-state index in [9.17, 15) is 0 Å². The highest BCUT2D eigenvalue weighted by molar-refractivity contribution is 7.16. The normalized spacial score (nSPS) is 11.1. The second kappa shape index (κ2) is 3.66. The Kier molecular flexibility index (Phi) is 2.16. The molecule has 3 rings (SSSR count). The quantitative estimate of drug-likeness (QED) is 0.724. The van der Waals surface area contributed by atoms with Crippen LogP contribution in [0.25, 0.3) is 16.3 Å². The zero-order chi connectivity index (χ0) is 11.0. The maximum Gasteiger partial charge on any atom is 0.235 e. The molecule has 2 heterocycles. The third kappa shape index (κ3) is 1.39. The van der Waals surface area contributed by atoms with Gasteiger partial charge in [0.05, 0.1) is 6.61 Å². The van der Waals surface area contributed by atoms with Crippen molar-refractivity contribution < 1.29 is 5.11 Å². The Labute approximate surface area is 95.0 Å². The number of benzene rings is 1. The molecular weight excluding hydrogens is 224 g/mol. The highest BCUT2D eigenvalue weighted by Crippen LogP contribution is 2.20. The van der Waals surface area contributed by atoms with Gasteiger partial charge in [-0.05, 0) is 0 Å². The number of aliphatic hydroxyl groups is 1. The molecule has 0 radical (unpaired) electrons. The third-order valence-corrected chi connectivity index (χ3v) is 3.08. The summed E-state index contributed by atoms with van der Waals surface area (Å²) < 4.78 is 1.66. The van der Waals surface area contributed by atoms with Gasteiger partial charge in [-0.2, -0.15) is 9.61 Å². The molecule has 0 saturated carbocycles. The van der Waals surface area contributed by atoms with Crippen molar-refractivity contribution in [3.8, 4) is 11.4 Å². The number of hydrogen-bond acceptors (Lipinski definition) is 5. The fraction of sp³-hybridized carbons (Fsp3) is 0.100. The summed E-state index contributed by atoms with van der Waals surface area (Å²) in [5.74, 6) is 0.701. The Morgan fingerprint density at radius 3 is 2.75 bits per heavy atom. The summed E-state index contributed by atoms with van der Waals surface area (Å²) in [5, 5.41) is 22.0. The zero-order valence-corrected chi connectivity index (χ0v) is 9.05. The Balaban J connectivity index is 2.20. The van der Waals surface area contributed by atoms with Gasteiger partial charge in [-0.25, -0.2) is 0 Å². The SMILES string of the molecule is OCc1nn2c(-c3ccccc3)nnc2s1. The summed E-state index contributed by atoms with van der Waals surface area (Å²) in [6.07, 6.45) is 0. The van der Waals surface area contributed by atoms with Gasteiger partial charge in [0.2, 0.25) is 4.96 Å². The lowest BCUT2D eigenvalue weighted by Crippen LogP contribution is -1.91. The molecule has 80 valence electrons. The zero-order valence-electron chi connectivity index (χ0n) is 8.24. The molecule has 0 aliphatic rings. The third-order valence-electron chi connectivity index (χ3n) is 2.20. The molecule has 1 N–H and O–H groups in total. The molecule has 5 nitrogen and oxygen atoms in total. The molecule has 0 saturated heterocycles. The predicted molar refractivity (Wildman–Crippen MR) is 60.0 cm³/mol. The molecule has 6 heteroatoms. The summed E-state index contributed by atoms with van der Waals surface area (Å²) in [6.45, 7) is -0.0672. The van der Waals surface area contributed by atoms with E-state index >= 15 is 0 Å². The van der Waals surface area contributed by atoms with Crippen LogP contribution < -0.4 is 0 Å². The van der Waals surface area contributed by atoms with Crippen LogP contribution in [0.15, 0.2) is 30.3 Å². The van der Waals surface area contributed by atoms with Crippen molar-refractivity contribution in [3.63, 3.8) is 0 Å². The van der Waals surface area contributed by atoms with Gasteiger partial charge in [0.1, 0.15) is 5.01 Å². The lowest BCUT2D eigenvalue weighted by atomic mass is 10.2. The number of aliphatic hydroxyl groups excluding tert-OH is 1. The topological polar surface area (TPSA) is 63.3 Å². The van der Waals surface area contributed by atoms with E-state index in [1.165, 1.54) is 11.3 Å². The summed E-state index contributed by atoms with van der Waals surface area (Å²) in [5.41, 5.74) is 0.963. The molecule has 0 bridgehead atoms. The number of hydrogen-bond donors (Lipinski definition) is 1. The average Bonchev–Trinajstić information content (AvgIpc) is 2.88. The number of fused-ring (bicyclic) bond motifs is 1. The molecule has 0 spiro atoms. The largest absolute Gasteiger partial charge is 0.389 e. The molecule has 3 aromatic rings. The van der Waals surface area contributed by atoms with Crippen LogP contribution in [0.1, 0.15) is 5.01 Å². The highest BCUT2D eigenvalue weighted by atomic mass is 32.1. The van der Waals surface area contributed by atoms with Crippen molar-refractivity contribution in [2.75, 3.05) is 0 Å². The molecular formula is C10H8N4OS. The van der Waals surface area contributed by atoms with Crippen LogP contribution in [-0.4, -0.2) is 24.9 Å². The average molecular weight is 232 g/mol. The molecule has 2 aromatic heterocycles. The first kappa shape index (κ1) is 9.44. The van der Waals surface area contributed by atoms with Gasteiger partial charge >= 0.3 is 0 Å². The fourth-order valence-electron chi connectivity index (χ4n) is 1.49. The molecule has 0 unspecified atom stereocenters. The van der Waals surface area contributed by atoms with Gasteiger partial charge in [-0.3, -0.25) is 0 Å². The van der Waals surface area contributed by atoms with Crippen molar-refractivity contribution in [3.05, 3.63) is 35.3 Å². The maximum absolute atomic E-state index is 9.00. The van der Waals surface area contributed by atoms with Gasteiger partial charge in [-0.15, -0.1) is 10.2 Å². The molecule has 0 aliphatic carbocycles. The summed E-state index contributed by atoms with van der Waals surface area (Å²) in [6, 6.07) is 9.73. The number of nitrogens with zero attached hydrogens (tertiary/aromatic N) is 4. The Hall–Kier alpha value is -1.79. The molecule has 0 amide bonds. The van der Waals surface area contributed by atoms with E-state index in [1.54, 1.807) is 4.52 Å². The van der Waals surface area contributed by atoms with E-state index in [0.29, 0.717) is 15.8 Å². The molecule has 0 aliphatic heterocycles. The molecule has 0 fully saturated rings. The van der Waals surface area contributed by atoms with E-state index in [0.717, 1.165) is 5.56 Å². The van der Waals surface area contributed by atoms with Gasteiger partial charge in [0.25, 0.3) is 0 Å². The van der Waals surface area contributed by atoms with Crippen molar-refractivity contribution in [2.45, 2.75) is 6.61 Å². The minimum atomic E-state index is -0.0672. The van der Waals surface area contributed by atoms with E-state index in [4.69, 9.17) is 5.11 Å². The monoisotopic (exact) mass is 232 g/mol. The van der Waals surface area contributed by atoms with E-state index < -0.39 is 0 Å². The van der Waals surface area contributed by atoms with Gasteiger partial charge in [0.15, 0.2) is 5.82 Å². The van der Waals surface area contributed by atoms with Crippen LogP contribution in [0.5, 0.6) is 0 Å². The van der Waals surface area contributed by atoms with Gasteiger partial charge in [0, 0.05) is 5.56 Å². The van der Waals surface area contributed by atoms with Crippen LogP contribution in [-0.2, 0) is 6.61 Å². The Morgan fingerprint density at radius 1 is 1.19 bits per heavy atom. The van der Waals surface area contributed by atoms with Crippen molar-refractivity contribution in [2.24, 2.45) is 0 Å². The first-order valence-corrected chi connectivity index (χ1v) is 5.57. The van der Waals surface area contributed by atoms with Crippen LogP contribution >= 0.6 is 11.3 Å². The van der Waals surface area contributed by atoms with Crippen molar-refractivity contribution in [1.29, 1.82) is 0 Å². The minimum Gasteiger partial charge on any atom is -0.389 e.